The molecule has 12 nitrogen and oxygen atoms in total. The van der Waals surface area contributed by atoms with Crippen molar-refractivity contribution in [2.24, 2.45) is 0 Å². The van der Waals surface area contributed by atoms with Crippen LogP contribution < -0.4 is 16.0 Å². The lowest BCUT2D eigenvalue weighted by atomic mass is 10.1. The third-order valence-corrected chi connectivity index (χ3v) is 7.88. The highest BCUT2D eigenvalue weighted by Crippen LogP contribution is 2.21. The zero-order valence-electron chi connectivity index (χ0n) is 28.9. The van der Waals surface area contributed by atoms with Crippen molar-refractivity contribution in [3.63, 3.8) is 0 Å². The predicted molar refractivity (Wildman–Crippen MR) is 181 cm³/mol. The van der Waals surface area contributed by atoms with E-state index in [-0.39, 0.29) is 25.2 Å². The Hall–Kier alpha value is -4.16. The molecule has 264 valence electrons. The molecule has 1 fully saturated rings. The Morgan fingerprint density at radius 1 is 0.875 bits per heavy atom. The summed E-state index contributed by atoms with van der Waals surface area (Å²) in [6.07, 6.45) is 1.68. The van der Waals surface area contributed by atoms with Crippen LogP contribution in [0.1, 0.15) is 70.9 Å². The highest BCUT2D eigenvalue weighted by molar-refractivity contribution is 5.88. The normalized spacial score (nSPS) is 16.6. The summed E-state index contributed by atoms with van der Waals surface area (Å²) < 4.78 is 21.7. The summed E-state index contributed by atoms with van der Waals surface area (Å²) >= 11 is 0. The number of methoxy groups -OCH3 is 1. The number of rotatable bonds is 17. The van der Waals surface area contributed by atoms with Crippen LogP contribution in [0.2, 0.25) is 0 Å². The van der Waals surface area contributed by atoms with Crippen LogP contribution in [-0.2, 0) is 41.8 Å². The summed E-state index contributed by atoms with van der Waals surface area (Å²) in [6, 6.07) is 17.1. The number of esters is 1. The first-order chi connectivity index (χ1) is 22.9. The Bertz CT molecular complexity index is 1290. The van der Waals surface area contributed by atoms with E-state index >= 15 is 0 Å². The van der Waals surface area contributed by atoms with Crippen molar-refractivity contribution in [2.45, 2.75) is 103 Å². The number of unbranched alkanes of at least 4 members (excludes halogenated alkanes) is 1. The van der Waals surface area contributed by atoms with E-state index in [9.17, 15) is 19.2 Å². The lowest BCUT2D eigenvalue weighted by molar-refractivity contribution is -0.154. The zero-order chi connectivity index (χ0) is 34.9. The molecule has 3 rings (SSSR count). The topological polar surface area (TPSA) is 145 Å². The molecule has 0 unspecified atom stereocenters. The van der Waals surface area contributed by atoms with Gasteiger partial charge in [-0.25, -0.2) is 14.4 Å². The lowest BCUT2D eigenvalue weighted by Gasteiger charge is -2.32. The molecule has 0 saturated carbocycles. The minimum atomic E-state index is -0.974. The van der Waals surface area contributed by atoms with Gasteiger partial charge in [0.1, 0.15) is 13.2 Å². The molecule has 0 aromatic heterocycles. The van der Waals surface area contributed by atoms with Gasteiger partial charge in [0.05, 0.1) is 24.9 Å². The molecule has 1 heterocycles. The first-order valence-electron chi connectivity index (χ1n) is 16.7. The van der Waals surface area contributed by atoms with Gasteiger partial charge in [-0.1, -0.05) is 60.7 Å². The van der Waals surface area contributed by atoms with Crippen molar-refractivity contribution < 1.29 is 38.1 Å². The molecule has 48 heavy (non-hydrogen) atoms. The Balaban J connectivity index is 1.57. The van der Waals surface area contributed by atoms with Gasteiger partial charge in [0.25, 0.3) is 0 Å². The fourth-order valence-corrected chi connectivity index (χ4v) is 5.62. The maximum absolute atomic E-state index is 13.5. The number of alkyl carbamates (subject to hydrolysis) is 2. The lowest BCUT2D eigenvalue weighted by Crippen LogP contribution is -2.56. The number of carbonyl (C=O) groups is 4. The van der Waals surface area contributed by atoms with Crippen molar-refractivity contribution in [1.82, 2.24) is 20.9 Å². The molecule has 2 aromatic carbocycles. The molecule has 0 radical (unpaired) electrons. The van der Waals surface area contributed by atoms with Crippen molar-refractivity contribution in [2.75, 3.05) is 26.7 Å². The molecular formula is C36H52N4O8. The summed E-state index contributed by atoms with van der Waals surface area (Å²) in [5.74, 6) is -0.876. The number of likely N-dealkylation sites (tertiary alicyclic amines) is 1. The molecule has 12 heteroatoms. The fourth-order valence-electron chi connectivity index (χ4n) is 5.62. The van der Waals surface area contributed by atoms with Crippen LogP contribution in [0.3, 0.4) is 0 Å². The van der Waals surface area contributed by atoms with Gasteiger partial charge in [0.2, 0.25) is 5.91 Å². The summed E-state index contributed by atoms with van der Waals surface area (Å²) in [4.78, 5) is 53.2. The largest absolute Gasteiger partial charge is 0.467 e. The van der Waals surface area contributed by atoms with Crippen molar-refractivity contribution in [3.8, 4) is 0 Å². The third-order valence-electron chi connectivity index (χ3n) is 7.88. The van der Waals surface area contributed by atoms with E-state index in [0.717, 1.165) is 17.5 Å². The van der Waals surface area contributed by atoms with E-state index in [1.165, 1.54) is 7.11 Å². The van der Waals surface area contributed by atoms with Gasteiger partial charge >= 0.3 is 18.2 Å². The van der Waals surface area contributed by atoms with Crippen LogP contribution in [0, 0.1) is 0 Å². The van der Waals surface area contributed by atoms with Crippen LogP contribution in [0.15, 0.2) is 60.7 Å². The molecule has 3 N–H and O–H groups in total. The SMILES string of the molecule is COC(=O)[C@@H](NC(=O)[C@@H]1CCCN1C[C@H](CCCCNC(=O)OCc1ccccc1)NC(=O)OCc1ccccc1)[C@@H](C)OC(C)(C)C. The molecular weight excluding hydrogens is 616 g/mol. The van der Waals surface area contributed by atoms with Crippen LogP contribution in [0.5, 0.6) is 0 Å². The van der Waals surface area contributed by atoms with Crippen molar-refractivity contribution in [1.29, 1.82) is 0 Å². The molecule has 4 atom stereocenters. The quantitative estimate of drug-likeness (QED) is 0.124. The number of nitrogens with zero attached hydrogens (tertiary/aromatic N) is 1. The molecule has 3 amide bonds. The molecule has 0 bridgehead atoms. The van der Waals surface area contributed by atoms with Gasteiger partial charge in [-0.15, -0.1) is 0 Å². The molecule has 0 spiro atoms. The van der Waals surface area contributed by atoms with Gasteiger partial charge in [0, 0.05) is 19.1 Å². The van der Waals surface area contributed by atoms with E-state index in [0.29, 0.717) is 45.3 Å². The fraction of sp³-hybridized carbons (Fsp3) is 0.556. The average Bonchev–Trinajstić information content (AvgIpc) is 3.53. The summed E-state index contributed by atoms with van der Waals surface area (Å²) in [5.41, 5.74) is 1.25. The summed E-state index contributed by atoms with van der Waals surface area (Å²) in [5, 5.41) is 8.62. The zero-order valence-corrected chi connectivity index (χ0v) is 28.9. The van der Waals surface area contributed by atoms with Gasteiger partial charge in [-0.2, -0.15) is 0 Å². The Morgan fingerprint density at radius 3 is 2.06 bits per heavy atom. The van der Waals surface area contributed by atoms with E-state index in [2.05, 4.69) is 16.0 Å². The van der Waals surface area contributed by atoms with E-state index in [1.807, 2.05) is 86.3 Å². The number of benzene rings is 2. The summed E-state index contributed by atoms with van der Waals surface area (Å²) in [7, 11) is 1.28. The first-order valence-corrected chi connectivity index (χ1v) is 16.7. The maximum Gasteiger partial charge on any atom is 0.407 e. The molecule has 1 saturated heterocycles. The number of hydrogen-bond acceptors (Lipinski definition) is 9. The second kappa shape index (κ2) is 19.6. The molecule has 1 aliphatic rings. The predicted octanol–water partition coefficient (Wildman–Crippen LogP) is 4.70. The van der Waals surface area contributed by atoms with Crippen LogP contribution in [0.4, 0.5) is 9.59 Å². The highest BCUT2D eigenvalue weighted by atomic mass is 16.6. The maximum atomic E-state index is 13.5. The number of amides is 3. The second-order valence-corrected chi connectivity index (χ2v) is 13.0. The monoisotopic (exact) mass is 668 g/mol. The van der Waals surface area contributed by atoms with Crippen LogP contribution in [-0.4, -0.2) is 85.5 Å². The van der Waals surface area contributed by atoms with Crippen molar-refractivity contribution >= 4 is 24.1 Å². The van der Waals surface area contributed by atoms with Crippen molar-refractivity contribution in [3.05, 3.63) is 71.8 Å². The minimum absolute atomic E-state index is 0.132. The van der Waals surface area contributed by atoms with Gasteiger partial charge in [-0.3, -0.25) is 9.69 Å². The number of hydrogen-bond donors (Lipinski definition) is 3. The Kier molecular flexibility index (Phi) is 15.6. The smallest absolute Gasteiger partial charge is 0.407 e. The van der Waals surface area contributed by atoms with Crippen LogP contribution >= 0.6 is 0 Å². The third kappa shape index (κ3) is 13.9. The highest BCUT2D eigenvalue weighted by Gasteiger charge is 2.37. The van der Waals surface area contributed by atoms with Crippen LogP contribution in [0.25, 0.3) is 0 Å². The van der Waals surface area contributed by atoms with E-state index in [4.69, 9.17) is 18.9 Å². The van der Waals surface area contributed by atoms with E-state index in [1.54, 1.807) is 6.92 Å². The average molecular weight is 669 g/mol. The van der Waals surface area contributed by atoms with E-state index < -0.39 is 41.9 Å². The van der Waals surface area contributed by atoms with Gasteiger partial charge in [0.15, 0.2) is 6.04 Å². The molecule has 0 aliphatic carbocycles. The second-order valence-electron chi connectivity index (χ2n) is 13.0. The molecule has 2 aromatic rings. The number of ether oxygens (including phenoxy) is 4. The first kappa shape index (κ1) is 38.3. The van der Waals surface area contributed by atoms with Gasteiger partial charge < -0.3 is 34.9 Å². The number of carbonyl (C=O) groups excluding carboxylic acids is 4. The van der Waals surface area contributed by atoms with Gasteiger partial charge in [-0.05, 0) is 77.5 Å². The standard InChI is InChI=1S/C36H52N4O8/c1-26(48-36(2,3)4)31(33(42)45-5)39-32(41)30-20-14-22-40(30)23-29(38-35(44)47-25-28-17-10-7-11-18-28)19-12-13-21-37-34(43)46-24-27-15-8-6-9-16-27/h6-11,15-18,26,29-31H,12-14,19-25H2,1-5H3,(H,37,43)(H,38,44)(H,39,41)/t26-,29+,30+,31+/m1/s1. The molecule has 1 aliphatic heterocycles. The Morgan fingerprint density at radius 2 is 1.48 bits per heavy atom. The Labute approximate surface area is 284 Å². The minimum Gasteiger partial charge on any atom is -0.467 e. The summed E-state index contributed by atoms with van der Waals surface area (Å²) in [6.45, 7) is 9.17. The number of nitrogens with one attached hydrogen (secondary N) is 3.